The summed E-state index contributed by atoms with van der Waals surface area (Å²) in [7, 11) is 0. The second-order valence-electron chi connectivity index (χ2n) is 5.95. The maximum Gasteiger partial charge on any atom is 0.304 e. The Hall–Kier alpha value is -0.610. The van der Waals surface area contributed by atoms with E-state index < -0.39 is 5.97 Å². The molecule has 0 saturated heterocycles. The summed E-state index contributed by atoms with van der Waals surface area (Å²) in [5.41, 5.74) is 0. The highest BCUT2D eigenvalue weighted by molar-refractivity contribution is 5.66. The van der Waals surface area contributed by atoms with Crippen molar-refractivity contribution >= 4 is 5.97 Å². The molecule has 0 aromatic carbocycles. The SMILES string of the molecule is CCCCCCCCCCCC(O)CCNCCC(=O)O. The lowest BCUT2D eigenvalue weighted by Crippen LogP contribution is -2.23. The van der Waals surface area contributed by atoms with Gasteiger partial charge in [0.15, 0.2) is 0 Å². The Morgan fingerprint density at radius 3 is 2.05 bits per heavy atom. The number of nitrogens with one attached hydrogen (secondary N) is 1. The molecule has 4 heteroatoms. The van der Waals surface area contributed by atoms with E-state index in [1.165, 1.54) is 51.4 Å². The molecule has 0 saturated carbocycles. The summed E-state index contributed by atoms with van der Waals surface area (Å²) in [5.74, 6) is -0.780. The topological polar surface area (TPSA) is 69.6 Å². The molecule has 0 rings (SSSR count). The van der Waals surface area contributed by atoms with Gasteiger partial charge in [0.05, 0.1) is 12.5 Å². The van der Waals surface area contributed by atoms with Gasteiger partial charge in [0, 0.05) is 6.54 Å². The normalized spacial score (nSPS) is 12.5. The standard InChI is InChI=1S/C17H35NO3/c1-2-3-4-5-6-7-8-9-10-11-16(19)12-14-18-15-13-17(20)21/h16,18-19H,2-15H2,1H3,(H,20,21). The van der Waals surface area contributed by atoms with Gasteiger partial charge in [-0.3, -0.25) is 4.79 Å². The van der Waals surface area contributed by atoms with E-state index in [-0.39, 0.29) is 12.5 Å². The van der Waals surface area contributed by atoms with Crippen LogP contribution in [0.2, 0.25) is 0 Å². The van der Waals surface area contributed by atoms with Gasteiger partial charge >= 0.3 is 5.97 Å². The highest BCUT2D eigenvalue weighted by Crippen LogP contribution is 2.12. The van der Waals surface area contributed by atoms with E-state index in [0.29, 0.717) is 13.1 Å². The molecule has 21 heavy (non-hydrogen) atoms. The van der Waals surface area contributed by atoms with Crippen LogP contribution in [0.4, 0.5) is 0 Å². The number of carbonyl (C=O) groups is 1. The Bertz CT molecular complexity index is 234. The maximum atomic E-state index is 10.3. The Morgan fingerprint density at radius 2 is 1.48 bits per heavy atom. The van der Waals surface area contributed by atoms with Gasteiger partial charge in [0.2, 0.25) is 0 Å². The number of carboxylic acids is 1. The lowest BCUT2D eigenvalue weighted by molar-refractivity contribution is -0.136. The van der Waals surface area contributed by atoms with E-state index in [4.69, 9.17) is 5.11 Å². The average Bonchev–Trinajstić information content (AvgIpc) is 2.45. The van der Waals surface area contributed by atoms with Crippen molar-refractivity contribution in [2.45, 2.75) is 90.1 Å². The minimum Gasteiger partial charge on any atom is -0.481 e. The average molecular weight is 301 g/mol. The quantitative estimate of drug-likeness (QED) is 0.380. The highest BCUT2D eigenvalue weighted by atomic mass is 16.4. The predicted molar refractivity (Wildman–Crippen MR) is 87.6 cm³/mol. The van der Waals surface area contributed by atoms with Crippen molar-refractivity contribution in [1.82, 2.24) is 5.32 Å². The fourth-order valence-electron chi connectivity index (χ4n) is 2.42. The van der Waals surface area contributed by atoms with Crippen LogP contribution < -0.4 is 5.32 Å². The molecule has 3 N–H and O–H groups in total. The summed E-state index contributed by atoms with van der Waals surface area (Å²) >= 11 is 0. The first-order valence-corrected chi connectivity index (χ1v) is 8.77. The molecule has 0 spiro atoms. The van der Waals surface area contributed by atoms with Gasteiger partial charge < -0.3 is 15.5 Å². The van der Waals surface area contributed by atoms with Gasteiger partial charge in [-0.15, -0.1) is 0 Å². The lowest BCUT2D eigenvalue weighted by atomic mass is 10.0. The first-order chi connectivity index (χ1) is 10.2. The zero-order valence-electron chi connectivity index (χ0n) is 13.8. The van der Waals surface area contributed by atoms with Crippen molar-refractivity contribution in [1.29, 1.82) is 0 Å². The Kier molecular flexibility index (Phi) is 15.3. The van der Waals surface area contributed by atoms with Crippen LogP contribution in [-0.4, -0.2) is 35.4 Å². The molecule has 1 unspecified atom stereocenters. The number of hydrogen-bond donors (Lipinski definition) is 3. The van der Waals surface area contributed by atoms with Gasteiger partial charge in [0.25, 0.3) is 0 Å². The Labute approximate surface area is 130 Å². The molecule has 0 heterocycles. The fraction of sp³-hybridized carbons (Fsp3) is 0.941. The number of carboxylic acid groups (broad SMARTS) is 1. The summed E-state index contributed by atoms with van der Waals surface area (Å²) in [4.78, 5) is 10.3. The van der Waals surface area contributed by atoms with Crippen LogP contribution in [0.15, 0.2) is 0 Å². The zero-order valence-corrected chi connectivity index (χ0v) is 13.8. The second-order valence-corrected chi connectivity index (χ2v) is 5.95. The summed E-state index contributed by atoms with van der Waals surface area (Å²) in [6, 6.07) is 0. The number of rotatable bonds is 16. The molecule has 0 aliphatic carbocycles. The number of aliphatic carboxylic acids is 1. The molecule has 0 bridgehead atoms. The van der Waals surface area contributed by atoms with Gasteiger partial charge in [-0.05, 0) is 19.4 Å². The third-order valence-electron chi connectivity index (χ3n) is 3.81. The van der Waals surface area contributed by atoms with Crippen LogP contribution >= 0.6 is 0 Å². The first-order valence-electron chi connectivity index (χ1n) is 8.77. The van der Waals surface area contributed by atoms with Crippen molar-refractivity contribution in [2.75, 3.05) is 13.1 Å². The van der Waals surface area contributed by atoms with Crippen LogP contribution in [0, 0.1) is 0 Å². The molecule has 0 aromatic heterocycles. The van der Waals surface area contributed by atoms with Crippen molar-refractivity contribution in [3.05, 3.63) is 0 Å². The minimum absolute atomic E-state index is 0.147. The highest BCUT2D eigenvalue weighted by Gasteiger charge is 2.04. The third-order valence-corrected chi connectivity index (χ3v) is 3.81. The number of hydrogen-bond acceptors (Lipinski definition) is 3. The van der Waals surface area contributed by atoms with Crippen LogP contribution in [0.3, 0.4) is 0 Å². The van der Waals surface area contributed by atoms with Gasteiger partial charge in [-0.1, -0.05) is 64.7 Å². The smallest absolute Gasteiger partial charge is 0.304 e. The van der Waals surface area contributed by atoms with Crippen molar-refractivity contribution in [2.24, 2.45) is 0 Å². The predicted octanol–water partition coefficient (Wildman–Crippen LogP) is 3.72. The molecule has 4 nitrogen and oxygen atoms in total. The third kappa shape index (κ3) is 17.3. The largest absolute Gasteiger partial charge is 0.481 e. The minimum atomic E-state index is -0.780. The Morgan fingerprint density at radius 1 is 0.905 bits per heavy atom. The summed E-state index contributed by atoms with van der Waals surface area (Å²) < 4.78 is 0. The maximum absolute atomic E-state index is 10.3. The second kappa shape index (κ2) is 15.8. The molecule has 126 valence electrons. The van der Waals surface area contributed by atoms with Crippen molar-refractivity contribution in [3.8, 4) is 0 Å². The number of aliphatic hydroxyl groups excluding tert-OH is 1. The van der Waals surface area contributed by atoms with E-state index in [0.717, 1.165) is 19.3 Å². The van der Waals surface area contributed by atoms with E-state index in [1.54, 1.807) is 0 Å². The van der Waals surface area contributed by atoms with Crippen LogP contribution in [0.25, 0.3) is 0 Å². The Balaban J connectivity index is 3.15. The zero-order chi connectivity index (χ0) is 15.8. The molecule has 0 amide bonds. The lowest BCUT2D eigenvalue weighted by Gasteiger charge is -2.10. The summed E-state index contributed by atoms with van der Waals surface area (Å²) in [6.45, 7) is 3.43. The molecule has 0 radical (unpaired) electrons. The molecule has 0 aliphatic heterocycles. The molecular weight excluding hydrogens is 266 g/mol. The van der Waals surface area contributed by atoms with Crippen LogP contribution in [-0.2, 0) is 4.79 Å². The number of aliphatic hydroxyl groups is 1. The van der Waals surface area contributed by atoms with Gasteiger partial charge in [-0.2, -0.15) is 0 Å². The van der Waals surface area contributed by atoms with Crippen molar-refractivity contribution < 1.29 is 15.0 Å². The van der Waals surface area contributed by atoms with E-state index in [1.807, 2.05) is 0 Å². The van der Waals surface area contributed by atoms with Gasteiger partial charge in [-0.25, -0.2) is 0 Å². The van der Waals surface area contributed by atoms with E-state index in [9.17, 15) is 9.90 Å². The molecule has 0 fully saturated rings. The van der Waals surface area contributed by atoms with Gasteiger partial charge in [0.1, 0.15) is 0 Å². The first kappa shape index (κ1) is 20.4. The van der Waals surface area contributed by atoms with Crippen LogP contribution in [0.1, 0.15) is 84.0 Å². The number of unbranched alkanes of at least 4 members (excludes halogenated alkanes) is 8. The molecule has 0 aliphatic rings. The molecule has 0 aromatic rings. The summed E-state index contributed by atoms with van der Waals surface area (Å²) in [5, 5.41) is 21.3. The fourth-order valence-corrected chi connectivity index (χ4v) is 2.42. The molecular formula is C17H35NO3. The van der Waals surface area contributed by atoms with Crippen LogP contribution in [0.5, 0.6) is 0 Å². The summed E-state index contributed by atoms with van der Waals surface area (Å²) in [6.07, 6.45) is 13.2. The van der Waals surface area contributed by atoms with E-state index in [2.05, 4.69) is 12.2 Å². The monoisotopic (exact) mass is 301 g/mol. The van der Waals surface area contributed by atoms with Crippen molar-refractivity contribution in [3.63, 3.8) is 0 Å². The van der Waals surface area contributed by atoms with E-state index >= 15 is 0 Å². The molecule has 1 atom stereocenters.